The summed E-state index contributed by atoms with van der Waals surface area (Å²) in [7, 11) is 0. The Morgan fingerprint density at radius 1 is 1.45 bits per heavy atom. The highest BCUT2D eigenvalue weighted by Gasteiger charge is 2.15. The Hall–Kier alpha value is -1.30. The normalized spacial score (nSPS) is 10.3. The maximum atomic E-state index is 10.7. The fraction of sp³-hybridized carbons (Fsp3) is 0.385. The summed E-state index contributed by atoms with van der Waals surface area (Å²) < 4.78 is 5.47. The number of nitro groups is 1. The van der Waals surface area contributed by atoms with Crippen LogP contribution in [-0.4, -0.2) is 24.6 Å². The molecule has 0 bridgehead atoms. The molecule has 0 saturated heterocycles. The number of nitrogens with one attached hydrogen (secondary N) is 1. The molecule has 0 saturated carbocycles. The van der Waals surface area contributed by atoms with E-state index in [0.717, 1.165) is 18.5 Å². The van der Waals surface area contributed by atoms with E-state index >= 15 is 0 Å². The van der Waals surface area contributed by atoms with Crippen molar-refractivity contribution in [3.8, 4) is 5.75 Å². The van der Waals surface area contributed by atoms with E-state index in [1.54, 1.807) is 0 Å². The Kier molecular flexibility index (Phi) is 6.78. The first-order valence-corrected chi connectivity index (χ1v) is 6.85. The van der Waals surface area contributed by atoms with E-state index in [2.05, 4.69) is 18.8 Å². The molecule has 0 aliphatic rings. The van der Waals surface area contributed by atoms with E-state index in [-0.39, 0.29) is 28.1 Å². The van der Waals surface area contributed by atoms with Crippen LogP contribution in [0.25, 0.3) is 0 Å². The fourth-order valence-corrected chi connectivity index (χ4v) is 2.04. The first kappa shape index (κ1) is 16.8. The number of non-ortho nitro benzene ring substituents is 1. The summed E-state index contributed by atoms with van der Waals surface area (Å²) in [4.78, 5) is 10.1. The smallest absolute Gasteiger partial charge is 0.272 e. The van der Waals surface area contributed by atoms with Crippen molar-refractivity contribution >= 4 is 28.9 Å². The monoisotopic (exact) mass is 318 g/mol. The van der Waals surface area contributed by atoms with Gasteiger partial charge >= 0.3 is 0 Å². The van der Waals surface area contributed by atoms with Gasteiger partial charge in [0.2, 0.25) is 0 Å². The predicted octanol–water partition coefficient (Wildman–Crippen LogP) is 3.84. The molecule has 0 spiro atoms. The van der Waals surface area contributed by atoms with Crippen molar-refractivity contribution in [2.75, 3.05) is 19.7 Å². The third-order valence-corrected chi connectivity index (χ3v) is 2.98. The van der Waals surface area contributed by atoms with Gasteiger partial charge in [-0.25, -0.2) is 0 Å². The van der Waals surface area contributed by atoms with E-state index in [9.17, 15) is 10.1 Å². The first-order valence-electron chi connectivity index (χ1n) is 6.09. The minimum atomic E-state index is -0.560. The maximum Gasteiger partial charge on any atom is 0.272 e. The second-order valence-electron chi connectivity index (χ2n) is 4.21. The molecule has 0 radical (unpaired) electrons. The average Bonchev–Trinajstić information content (AvgIpc) is 2.37. The minimum absolute atomic E-state index is 0.110. The summed E-state index contributed by atoms with van der Waals surface area (Å²) in [5.74, 6) is 0.232. The van der Waals surface area contributed by atoms with Crippen LogP contribution in [0.3, 0.4) is 0 Å². The van der Waals surface area contributed by atoms with Gasteiger partial charge in [-0.05, 0) is 18.5 Å². The lowest BCUT2D eigenvalue weighted by Gasteiger charge is -2.12. The van der Waals surface area contributed by atoms with Crippen molar-refractivity contribution in [2.24, 2.45) is 0 Å². The summed E-state index contributed by atoms with van der Waals surface area (Å²) >= 11 is 11.9. The van der Waals surface area contributed by atoms with Crippen molar-refractivity contribution in [2.45, 2.75) is 13.3 Å². The standard InChI is InChI=1S/C13H16Cl2N2O3/c1-3-4-16-7-9(2)8-20-13-11(14)5-10(17(18)19)6-12(13)15/h5-6,16H,2-4,7-8H2,1H3. The quantitative estimate of drug-likeness (QED) is 0.342. The number of benzene rings is 1. The minimum Gasteiger partial charge on any atom is -0.486 e. The molecule has 0 aromatic heterocycles. The molecule has 0 unspecified atom stereocenters. The van der Waals surface area contributed by atoms with Gasteiger partial charge in [0, 0.05) is 18.7 Å². The molecule has 5 nitrogen and oxygen atoms in total. The molecule has 110 valence electrons. The second kappa shape index (κ2) is 8.09. The molecule has 0 heterocycles. The summed E-state index contributed by atoms with van der Waals surface area (Å²) in [6.45, 7) is 7.72. The Morgan fingerprint density at radius 3 is 2.55 bits per heavy atom. The average molecular weight is 319 g/mol. The van der Waals surface area contributed by atoms with E-state index in [1.165, 1.54) is 12.1 Å². The number of nitrogens with zero attached hydrogens (tertiary/aromatic N) is 1. The van der Waals surface area contributed by atoms with Gasteiger partial charge in [-0.15, -0.1) is 0 Å². The van der Waals surface area contributed by atoms with Gasteiger partial charge in [0.15, 0.2) is 5.75 Å². The summed E-state index contributed by atoms with van der Waals surface area (Å²) in [6, 6.07) is 2.42. The molecule has 0 aliphatic heterocycles. The number of halogens is 2. The highest BCUT2D eigenvalue weighted by molar-refractivity contribution is 6.37. The van der Waals surface area contributed by atoms with Crippen LogP contribution in [0.4, 0.5) is 5.69 Å². The van der Waals surface area contributed by atoms with Crippen molar-refractivity contribution < 1.29 is 9.66 Å². The molecule has 7 heteroatoms. The van der Waals surface area contributed by atoms with Gasteiger partial charge in [-0.3, -0.25) is 10.1 Å². The highest BCUT2D eigenvalue weighted by Crippen LogP contribution is 2.36. The van der Waals surface area contributed by atoms with Crippen LogP contribution in [0.15, 0.2) is 24.3 Å². The zero-order valence-electron chi connectivity index (χ0n) is 11.1. The molecule has 0 atom stereocenters. The van der Waals surface area contributed by atoms with Crippen molar-refractivity contribution in [1.82, 2.24) is 5.32 Å². The van der Waals surface area contributed by atoms with Gasteiger partial charge < -0.3 is 10.1 Å². The predicted molar refractivity (Wildman–Crippen MR) is 80.9 cm³/mol. The van der Waals surface area contributed by atoms with Crippen molar-refractivity contribution in [1.29, 1.82) is 0 Å². The van der Waals surface area contributed by atoms with Gasteiger partial charge in [0.1, 0.15) is 6.61 Å². The molecule has 1 aromatic carbocycles. The SMILES string of the molecule is C=C(CNCCC)COc1c(Cl)cc([N+](=O)[O-])cc1Cl. The molecule has 20 heavy (non-hydrogen) atoms. The van der Waals surface area contributed by atoms with Crippen LogP contribution in [-0.2, 0) is 0 Å². The Morgan fingerprint density at radius 2 is 2.05 bits per heavy atom. The number of ether oxygens (including phenoxy) is 1. The van der Waals surface area contributed by atoms with Gasteiger partial charge in [0.05, 0.1) is 15.0 Å². The molecule has 1 aromatic rings. The summed E-state index contributed by atoms with van der Waals surface area (Å²) in [5.41, 5.74) is 0.666. The highest BCUT2D eigenvalue weighted by atomic mass is 35.5. The third kappa shape index (κ3) is 5.00. The Bertz CT molecular complexity index is 483. The zero-order valence-corrected chi connectivity index (χ0v) is 12.6. The number of rotatable bonds is 8. The van der Waals surface area contributed by atoms with Crippen LogP contribution < -0.4 is 10.1 Å². The lowest BCUT2D eigenvalue weighted by molar-refractivity contribution is -0.384. The maximum absolute atomic E-state index is 10.7. The summed E-state index contributed by atoms with van der Waals surface area (Å²) in [5, 5.41) is 14.1. The third-order valence-electron chi connectivity index (χ3n) is 2.42. The topological polar surface area (TPSA) is 64.4 Å². The van der Waals surface area contributed by atoms with Gasteiger partial charge in [-0.2, -0.15) is 0 Å². The fourth-order valence-electron chi connectivity index (χ4n) is 1.46. The zero-order chi connectivity index (χ0) is 15.1. The summed E-state index contributed by atoms with van der Waals surface area (Å²) in [6.07, 6.45) is 1.04. The van der Waals surface area contributed by atoms with Crippen LogP contribution in [0.2, 0.25) is 10.0 Å². The van der Waals surface area contributed by atoms with E-state index in [1.807, 2.05) is 0 Å². The lowest BCUT2D eigenvalue weighted by Crippen LogP contribution is -2.20. The number of hydrogen-bond donors (Lipinski definition) is 1. The van der Waals surface area contributed by atoms with E-state index < -0.39 is 4.92 Å². The number of nitro benzene ring substituents is 1. The molecular formula is C13H16Cl2N2O3. The Labute approximate surface area is 127 Å². The Balaban J connectivity index is 2.64. The van der Waals surface area contributed by atoms with Gasteiger partial charge in [-0.1, -0.05) is 36.7 Å². The van der Waals surface area contributed by atoms with Gasteiger partial charge in [0.25, 0.3) is 5.69 Å². The molecule has 0 amide bonds. The van der Waals surface area contributed by atoms with Crippen LogP contribution in [0.1, 0.15) is 13.3 Å². The van der Waals surface area contributed by atoms with Crippen LogP contribution in [0.5, 0.6) is 5.75 Å². The van der Waals surface area contributed by atoms with E-state index in [4.69, 9.17) is 27.9 Å². The molecular weight excluding hydrogens is 303 g/mol. The second-order valence-corrected chi connectivity index (χ2v) is 5.03. The first-order chi connectivity index (χ1) is 9.45. The van der Waals surface area contributed by atoms with Crippen LogP contribution in [0, 0.1) is 10.1 Å². The van der Waals surface area contributed by atoms with Crippen molar-refractivity contribution in [3.05, 3.63) is 44.4 Å². The molecule has 0 fully saturated rings. The lowest BCUT2D eigenvalue weighted by atomic mass is 10.3. The molecule has 1 rings (SSSR count). The van der Waals surface area contributed by atoms with Crippen LogP contribution >= 0.6 is 23.2 Å². The van der Waals surface area contributed by atoms with Crippen molar-refractivity contribution in [3.63, 3.8) is 0 Å². The van der Waals surface area contributed by atoms with E-state index in [0.29, 0.717) is 6.54 Å². The molecule has 0 aliphatic carbocycles. The molecule has 1 N–H and O–H groups in total. The largest absolute Gasteiger partial charge is 0.486 e. The number of hydrogen-bond acceptors (Lipinski definition) is 4.